The van der Waals surface area contributed by atoms with Gasteiger partial charge in [0.05, 0.1) is 0 Å². The van der Waals surface area contributed by atoms with Crippen molar-refractivity contribution >= 4 is 11.2 Å². The lowest BCUT2D eigenvalue weighted by Crippen LogP contribution is -2.34. The molecule has 21 heavy (non-hydrogen) atoms. The number of hydrogen-bond donors (Lipinski definition) is 1. The molecule has 0 amide bonds. The Labute approximate surface area is 127 Å². The maximum atomic E-state index is 4.85. The minimum atomic E-state index is 0.671. The summed E-state index contributed by atoms with van der Waals surface area (Å²) in [5, 5.41) is 3.53. The van der Waals surface area contributed by atoms with Crippen LogP contribution in [0.5, 0.6) is 0 Å². The van der Waals surface area contributed by atoms with Crippen molar-refractivity contribution in [3.05, 3.63) is 24.2 Å². The molecule has 4 nitrogen and oxygen atoms in total. The molecule has 4 heteroatoms. The summed E-state index contributed by atoms with van der Waals surface area (Å²) >= 11 is 0. The maximum Gasteiger partial charge on any atom is 0.159 e. The summed E-state index contributed by atoms with van der Waals surface area (Å²) in [6, 6.07) is 4.05. The van der Waals surface area contributed by atoms with Crippen LogP contribution in [0.2, 0.25) is 0 Å². The normalized spacial score (nSPS) is 20.8. The van der Waals surface area contributed by atoms with Gasteiger partial charge in [-0.05, 0) is 56.3 Å². The Morgan fingerprint density at radius 2 is 2.38 bits per heavy atom. The van der Waals surface area contributed by atoms with Crippen LogP contribution in [-0.4, -0.2) is 27.6 Å². The minimum absolute atomic E-state index is 0.671. The van der Waals surface area contributed by atoms with Crippen molar-refractivity contribution in [1.82, 2.24) is 19.9 Å². The number of imidazole rings is 1. The lowest BCUT2D eigenvalue weighted by atomic mass is 9.85. The Balaban J connectivity index is 1.83. The van der Waals surface area contributed by atoms with E-state index < -0.39 is 0 Å². The fraction of sp³-hybridized carbons (Fsp3) is 0.647. The molecule has 0 aliphatic carbocycles. The smallest absolute Gasteiger partial charge is 0.159 e. The summed E-state index contributed by atoms with van der Waals surface area (Å²) in [6.07, 6.45) is 6.70. The molecule has 0 saturated carbocycles. The van der Waals surface area contributed by atoms with Gasteiger partial charge in [-0.3, -0.25) is 0 Å². The van der Waals surface area contributed by atoms with Gasteiger partial charge >= 0.3 is 0 Å². The standard InChI is InChI=1S/C17H26N4/c1-3-10-21-16(20-15-7-5-9-19-17(15)21)11-13(2)14-6-4-8-18-12-14/h5,7,9,13-14,18H,3-4,6,8,10-12H2,1-2H3. The average Bonchev–Trinajstić information content (AvgIpc) is 2.86. The molecule has 2 aromatic rings. The molecule has 2 aromatic heterocycles. The Bertz CT molecular complexity index is 583. The second-order valence-corrected chi connectivity index (χ2v) is 6.31. The third kappa shape index (κ3) is 3.10. The van der Waals surface area contributed by atoms with Crippen LogP contribution < -0.4 is 5.32 Å². The second-order valence-electron chi connectivity index (χ2n) is 6.31. The Morgan fingerprint density at radius 3 is 3.14 bits per heavy atom. The Hall–Kier alpha value is -1.42. The Kier molecular flexibility index (Phi) is 4.54. The van der Waals surface area contributed by atoms with E-state index >= 15 is 0 Å². The molecule has 3 rings (SSSR count). The summed E-state index contributed by atoms with van der Waals surface area (Å²) in [5.74, 6) is 2.66. The number of aryl methyl sites for hydroxylation is 1. The zero-order chi connectivity index (χ0) is 14.7. The first-order valence-electron chi connectivity index (χ1n) is 8.30. The van der Waals surface area contributed by atoms with Gasteiger partial charge in [-0.1, -0.05) is 13.8 Å². The van der Waals surface area contributed by atoms with E-state index in [2.05, 4.69) is 34.8 Å². The first kappa shape index (κ1) is 14.5. The molecule has 1 N–H and O–H groups in total. The zero-order valence-corrected chi connectivity index (χ0v) is 13.2. The van der Waals surface area contributed by atoms with E-state index in [1.54, 1.807) is 0 Å². The van der Waals surface area contributed by atoms with Gasteiger partial charge < -0.3 is 9.88 Å². The molecule has 114 valence electrons. The van der Waals surface area contributed by atoms with Crippen molar-refractivity contribution in [2.24, 2.45) is 11.8 Å². The highest BCUT2D eigenvalue weighted by Gasteiger charge is 2.22. The third-order valence-corrected chi connectivity index (χ3v) is 4.67. The van der Waals surface area contributed by atoms with E-state index in [1.807, 2.05) is 12.3 Å². The number of nitrogens with one attached hydrogen (secondary N) is 1. The predicted molar refractivity (Wildman–Crippen MR) is 86.3 cm³/mol. The van der Waals surface area contributed by atoms with E-state index in [1.165, 1.54) is 25.2 Å². The Morgan fingerprint density at radius 1 is 1.48 bits per heavy atom. The van der Waals surface area contributed by atoms with Gasteiger partial charge in [0.1, 0.15) is 11.3 Å². The van der Waals surface area contributed by atoms with Crippen LogP contribution >= 0.6 is 0 Å². The zero-order valence-electron chi connectivity index (χ0n) is 13.2. The predicted octanol–water partition coefficient (Wildman–Crippen LogP) is 3.02. The third-order valence-electron chi connectivity index (χ3n) is 4.67. The monoisotopic (exact) mass is 286 g/mol. The summed E-state index contributed by atoms with van der Waals surface area (Å²) in [7, 11) is 0. The highest BCUT2D eigenvalue weighted by molar-refractivity contribution is 5.71. The number of nitrogens with zero attached hydrogens (tertiary/aromatic N) is 3. The molecule has 3 heterocycles. The van der Waals surface area contributed by atoms with Crippen molar-refractivity contribution < 1.29 is 0 Å². The van der Waals surface area contributed by atoms with Crippen LogP contribution in [0.15, 0.2) is 18.3 Å². The number of fused-ring (bicyclic) bond motifs is 1. The summed E-state index contributed by atoms with van der Waals surface area (Å²) in [6.45, 7) is 7.95. The number of rotatable bonds is 5. The number of hydrogen-bond acceptors (Lipinski definition) is 3. The lowest BCUT2D eigenvalue weighted by Gasteiger charge is -2.28. The largest absolute Gasteiger partial charge is 0.316 e. The second kappa shape index (κ2) is 6.56. The minimum Gasteiger partial charge on any atom is -0.316 e. The van der Waals surface area contributed by atoms with E-state index in [0.29, 0.717) is 5.92 Å². The lowest BCUT2D eigenvalue weighted by molar-refractivity contribution is 0.274. The van der Waals surface area contributed by atoms with Gasteiger partial charge in [-0.2, -0.15) is 0 Å². The van der Waals surface area contributed by atoms with Crippen LogP contribution in [0.3, 0.4) is 0 Å². The van der Waals surface area contributed by atoms with Gasteiger partial charge in [-0.25, -0.2) is 9.97 Å². The van der Waals surface area contributed by atoms with Crippen molar-refractivity contribution in [2.75, 3.05) is 13.1 Å². The van der Waals surface area contributed by atoms with Crippen LogP contribution in [0.4, 0.5) is 0 Å². The van der Waals surface area contributed by atoms with Gasteiger partial charge in [0, 0.05) is 19.2 Å². The average molecular weight is 286 g/mol. The van der Waals surface area contributed by atoms with Crippen LogP contribution in [0.25, 0.3) is 11.2 Å². The van der Waals surface area contributed by atoms with Crippen molar-refractivity contribution in [2.45, 2.75) is 46.1 Å². The highest BCUT2D eigenvalue weighted by atomic mass is 15.1. The van der Waals surface area contributed by atoms with E-state index in [9.17, 15) is 0 Å². The summed E-state index contributed by atoms with van der Waals surface area (Å²) < 4.78 is 2.32. The van der Waals surface area contributed by atoms with Gasteiger partial charge in [0.2, 0.25) is 0 Å². The first-order chi connectivity index (χ1) is 10.3. The molecule has 1 fully saturated rings. The fourth-order valence-corrected chi connectivity index (χ4v) is 3.44. The van der Waals surface area contributed by atoms with Crippen LogP contribution in [-0.2, 0) is 13.0 Å². The topological polar surface area (TPSA) is 42.7 Å². The summed E-state index contributed by atoms with van der Waals surface area (Å²) in [4.78, 5) is 9.37. The number of piperidine rings is 1. The van der Waals surface area contributed by atoms with E-state index in [-0.39, 0.29) is 0 Å². The van der Waals surface area contributed by atoms with Gasteiger partial charge in [0.15, 0.2) is 5.65 Å². The van der Waals surface area contributed by atoms with Crippen molar-refractivity contribution in [3.63, 3.8) is 0 Å². The number of aromatic nitrogens is 3. The van der Waals surface area contributed by atoms with Gasteiger partial charge in [0.25, 0.3) is 0 Å². The fourth-order valence-electron chi connectivity index (χ4n) is 3.44. The first-order valence-corrected chi connectivity index (χ1v) is 8.30. The van der Waals surface area contributed by atoms with Crippen LogP contribution in [0, 0.1) is 11.8 Å². The molecule has 1 aliphatic rings. The van der Waals surface area contributed by atoms with Gasteiger partial charge in [-0.15, -0.1) is 0 Å². The van der Waals surface area contributed by atoms with E-state index in [0.717, 1.165) is 43.0 Å². The van der Waals surface area contributed by atoms with Crippen molar-refractivity contribution in [1.29, 1.82) is 0 Å². The van der Waals surface area contributed by atoms with E-state index in [4.69, 9.17) is 4.98 Å². The molecule has 0 bridgehead atoms. The summed E-state index contributed by atoms with van der Waals surface area (Å²) in [5.41, 5.74) is 2.08. The molecular formula is C17H26N4. The molecule has 1 aliphatic heterocycles. The quantitative estimate of drug-likeness (QED) is 0.918. The molecular weight excluding hydrogens is 260 g/mol. The molecule has 1 saturated heterocycles. The molecule has 2 unspecified atom stereocenters. The van der Waals surface area contributed by atoms with Crippen molar-refractivity contribution in [3.8, 4) is 0 Å². The van der Waals surface area contributed by atoms with Crippen LogP contribution in [0.1, 0.15) is 38.9 Å². The SMILES string of the molecule is CCCn1c(CC(C)C2CCCNC2)nc2cccnc21. The highest BCUT2D eigenvalue weighted by Crippen LogP contribution is 2.24. The molecule has 0 aromatic carbocycles. The number of pyridine rings is 1. The molecule has 2 atom stereocenters. The molecule has 0 radical (unpaired) electrons. The molecule has 0 spiro atoms. The maximum absolute atomic E-state index is 4.85.